The van der Waals surface area contributed by atoms with Crippen molar-refractivity contribution in [2.75, 3.05) is 18.9 Å². The van der Waals surface area contributed by atoms with Gasteiger partial charge in [-0.2, -0.15) is 4.57 Å². The first-order chi connectivity index (χ1) is 22.4. The molecule has 0 saturated carbocycles. The van der Waals surface area contributed by atoms with Crippen molar-refractivity contribution in [1.82, 2.24) is 19.5 Å². The molecule has 3 aromatic heterocycles. The number of rotatable bonds is 13. The Hall–Kier alpha value is -1.44. The summed E-state index contributed by atoms with van der Waals surface area (Å²) in [7, 11) is -16.8. The maximum absolute atomic E-state index is 12.5. The number of imidazole rings is 1. The minimum Gasteiger partial charge on any atom is -0.756 e. The van der Waals surface area contributed by atoms with Gasteiger partial charge in [-0.1, -0.05) is 12.2 Å². The summed E-state index contributed by atoms with van der Waals surface area (Å²) in [5.41, 5.74) is 11.8. The fourth-order valence-corrected chi connectivity index (χ4v) is 7.53. The molecule has 3 aromatic rings. The molecule has 2 aliphatic heterocycles. The Kier molecular flexibility index (Phi) is 12.9. The third-order valence-corrected chi connectivity index (χ3v) is 10.3. The maximum Gasteiger partial charge on any atom is 1.00 e. The molecule has 5 heterocycles. The summed E-state index contributed by atoms with van der Waals surface area (Å²) < 4.78 is 67.9. The van der Waals surface area contributed by atoms with Gasteiger partial charge in [-0.25, -0.2) is 23.8 Å². The standard InChI is InChI=1S/C21H28N7O16P3S.Na/c22-17-12-19(25-7-24-17)28(8-26-12)21-16(43-45(32,33)34)14(30)11(42-21)6-40-47(37,38)44-46(35,36)39-5-10-13(29)15(31)20(41-10)27-3-1-2-9(4-27)18(23)48;/h1-4,7-8,10-11,13-16,20-21,29-31H,5-6H2,(H7-,22,23,24,25,32,33,34,35,36,37,38,48);/q;+1/p-1/t10-,11-,13+,14-,15+,16-,20+,21+;/m0./s1. The van der Waals surface area contributed by atoms with Crippen LogP contribution in [0, 0.1) is 0 Å². The Morgan fingerprint density at radius 2 is 1.71 bits per heavy atom. The van der Waals surface area contributed by atoms with Crippen LogP contribution in [0.25, 0.3) is 11.2 Å². The quantitative estimate of drug-likeness (QED) is 0.0367. The molecule has 2 aliphatic rings. The number of aliphatic hydroxyl groups is 3. The molecule has 11 atom stereocenters. The topological polar surface area (TPSA) is 353 Å². The first kappa shape index (κ1) is 40.3. The van der Waals surface area contributed by atoms with Crippen molar-refractivity contribution in [1.29, 1.82) is 0 Å². The second kappa shape index (κ2) is 15.7. The number of nitrogens with zero attached hydrogens (tertiary/aromatic N) is 5. The maximum atomic E-state index is 12.5. The Bertz CT molecular complexity index is 1820. The molecular formula is C21H27N7NaO16P3S. The van der Waals surface area contributed by atoms with Gasteiger partial charge in [0.1, 0.15) is 47.4 Å². The van der Waals surface area contributed by atoms with E-state index in [4.69, 9.17) is 33.2 Å². The van der Waals surface area contributed by atoms with E-state index in [1.165, 1.54) is 23.0 Å². The molecule has 28 heteroatoms. The van der Waals surface area contributed by atoms with Crippen molar-refractivity contribution in [2.45, 2.75) is 49.1 Å². The van der Waals surface area contributed by atoms with Crippen molar-refractivity contribution in [2.24, 2.45) is 5.73 Å². The number of hydrogen-bond acceptors (Lipinski definition) is 19. The van der Waals surface area contributed by atoms with Crippen LogP contribution in [0.5, 0.6) is 0 Å². The van der Waals surface area contributed by atoms with E-state index in [1.54, 1.807) is 6.07 Å². The van der Waals surface area contributed by atoms with Crippen molar-refractivity contribution < 1.29 is 110 Å². The predicted octanol–water partition coefficient (Wildman–Crippen LogP) is -6.62. The summed E-state index contributed by atoms with van der Waals surface area (Å²) >= 11 is 4.91. The third-order valence-electron chi connectivity index (χ3n) is 6.97. The van der Waals surface area contributed by atoms with E-state index >= 15 is 0 Å². The van der Waals surface area contributed by atoms with Gasteiger partial charge < -0.3 is 64.9 Å². The van der Waals surface area contributed by atoms with Crippen LogP contribution in [0.2, 0.25) is 0 Å². The molecule has 5 rings (SSSR count). The zero-order valence-corrected chi connectivity index (χ0v) is 30.4. The van der Waals surface area contributed by atoms with Gasteiger partial charge in [0.2, 0.25) is 0 Å². The zero-order chi connectivity index (χ0) is 35.2. The largest absolute Gasteiger partial charge is 1.00 e. The SMILES string of the molecule is NC(=S)c1ccc[n+]([C@@H]2O[C@@H](COP(=O)([O-])OP(=O)(O)OC[C@@H]3O[C@@H](n4cnc5c(N)ncnc54)[C@@H](OP(=O)([O-])O)[C@H]3O)[C@@H](O)[C@H]2O)c1.[Na+]. The number of aromatic nitrogens is 5. The van der Waals surface area contributed by atoms with Gasteiger partial charge in [0.15, 0.2) is 36.2 Å². The van der Waals surface area contributed by atoms with E-state index in [2.05, 4.69) is 32.8 Å². The Morgan fingerprint density at radius 3 is 2.39 bits per heavy atom. The van der Waals surface area contributed by atoms with E-state index in [0.29, 0.717) is 5.56 Å². The molecule has 3 unspecified atom stereocenters. The monoisotopic (exact) mass is 781 g/mol. The molecule has 0 spiro atoms. The molecule has 0 aromatic carbocycles. The van der Waals surface area contributed by atoms with Crippen LogP contribution in [0.15, 0.2) is 37.2 Å². The van der Waals surface area contributed by atoms with Gasteiger partial charge in [-0.15, -0.1) is 0 Å². The van der Waals surface area contributed by atoms with E-state index in [-0.39, 0.29) is 51.5 Å². The summed E-state index contributed by atoms with van der Waals surface area (Å²) in [6.45, 7) is -2.09. The normalized spacial score (nSPS) is 30.7. The third kappa shape index (κ3) is 9.52. The summed E-state index contributed by atoms with van der Waals surface area (Å²) in [5.74, 6) is -0.0692. The van der Waals surface area contributed by atoms with E-state index in [1.807, 2.05) is 0 Å². The minimum atomic E-state index is -5.70. The zero-order valence-electron chi connectivity index (χ0n) is 24.9. The van der Waals surface area contributed by atoms with Gasteiger partial charge in [-0.3, -0.25) is 18.2 Å². The molecule has 0 aliphatic carbocycles. The number of nitrogens with two attached hydrogens (primary N) is 2. The average Bonchev–Trinajstić information content (AvgIpc) is 3.64. The number of pyridine rings is 1. The molecule has 2 fully saturated rings. The van der Waals surface area contributed by atoms with Gasteiger partial charge in [0.05, 0.1) is 25.1 Å². The van der Waals surface area contributed by atoms with E-state index in [9.17, 15) is 48.6 Å². The minimum absolute atomic E-state index is 0. The Morgan fingerprint density at radius 1 is 1.04 bits per heavy atom. The van der Waals surface area contributed by atoms with E-state index in [0.717, 1.165) is 17.2 Å². The summed E-state index contributed by atoms with van der Waals surface area (Å²) in [6, 6.07) is 3.11. The number of anilines is 1. The first-order valence-corrected chi connectivity index (χ1v) is 18.2. The number of ether oxygens (including phenoxy) is 2. The fraction of sp³-hybridized carbons (Fsp3) is 0.476. The molecule has 0 radical (unpaired) electrons. The number of hydrogen-bond donors (Lipinski definition) is 7. The summed E-state index contributed by atoms with van der Waals surface area (Å²) in [6.07, 6.45) is -8.19. The van der Waals surface area contributed by atoms with Gasteiger partial charge in [-0.05, 0) is 6.07 Å². The molecule has 9 N–H and O–H groups in total. The van der Waals surface area contributed by atoms with Gasteiger partial charge >= 0.3 is 37.4 Å². The van der Waals surface area contributed by atoms with Crippen LogP contribution >= 0.6 is 35.7 Å². The van der Waals surface area contributed by atoms with Crippen molar-refractivity contribution in [3.8, 4) is 0 Å². The second-order valence-corrected chi connectivity index (χ2v) is 14.8. The Labute approximate surface area is 302 Å². The second-order valence-electron chi connectivity index (χ2n) is 10.2. The van der Waals surface area contributed by atoms with Crippen LogP contribution in [0.4, 0.5) is 5.82 Å². The summed E-state index contributed by atoms with van der Waals surface area (Å²) in [4.78, 5) is 55.0. The molecule has 0 amide bonds. The fourth-order valence-electron chi connectivity index (χ4n) is 4.82. The predicted molar refractivity (Wildman–Crippen MR) is 153 cm³/mol. The smallest absolute Gasteiger partial charge is 0.756 e. The Balaban J connectivity index is 0.00000541. The molecule has 2 saturated heterocycles. The number of fused-ring (bicyclic) bond motifs is 1. The molecule has 264 valence electrons. The number of thiocarbonyl (C=S) groups is 1. The molecular weight excluding hydrogens is 754 g/mol. The van der Waals surface area contributed by atoms with Crippen LogP contribution in [0.1, 0.15) is 18.0 Å². The first-order valence-electron chi connectivity index (χ1n) is 13.3. The van der Waals surface area contributed by atoms with E-state index < -0.39 is 85.8 Å². The molecule has 49 heavy (non-hydrogen) atoms. The van der Waals surface area contributed by atoms with Gasteiger partial charge in [0, 0.05) is 6.07 Å². The molecule has 0 bridgehead atoms. The number of aliphatic hydroxyl groups excluding tert-OH is 3. The van der Waals surface area contributed by atoms with Crippen LogP contribution in [-0.2, 0) is 41.1 Å². The van der Waals surface area contributed by atoms with Crippen LogP contribution in [-0.4, -0.2) is 99.5 Å². The average molecular weight is 781 g/mol. The van der Waals surface area contributed by atoms with Crippen molar-refractivity contribution in [3.63, 3.8) is 0 Å². The molecule has 23 nitrogen and oxygen atoms in total. The number of nitrogen functional groups attached to an aromatic ring is 1. The number of phosphoric ester groups is 3. The van der Waals surface area contributed by atoms with Crippen LogP contribution < -0.4 is 55.4 Å². The summed E-state index contributed by atoms with van der Waals surface area (Å²) in [5, 5.41) is 31.5. The van der Waals surface area contributed by atoms with Crippen molar-refractivity contribution >= 4 is 57.7 Å². The number of phosphoric acid groups is 3. The van der Waals surface area contributed by atoms with Crippen LogP contribution in [0.3, 0.4) is 0 Å². The van der Waals surface area contributed by atoms with Crippen molar-refractivity contribution in [3.05, 3.63) is 42.7 Å². The van der Waals surface area contributed by atoms with Gasteiger partial charge in [0.25, 0.3) is 21.9 Å².